The summed E-state index contributed by atoms with van der Waals surface area (Å²) in [6, 6.07) is 9.68. The average Bonchev–Trinajstić information content (AvgIpc) is 3.61. The normalized spacial score (nSPS) is 12.7. The number of nitrogens with zero attached hydrogens (tertiary/aromatic N) is 3. The molecule has 0 aliphatic heterocycles. The Hall–Kier alpha value is -4.04. The van der Waals surface area contributed by atoms with Crippen molar-refractivity contribution in [2.75, 3.05) is 0 Å². The van der Waals surface area contributed by atoms with Gasteiger partial charge in [0.05, 0.1) is 21.3 Å². The fourth-order valence-corrected chi connectivity index (χ4v) is 4.81. The zero-order valence-corrected chi connectivity index (χ0v) is 20.5. The van der Waals surface area contributed by atoms with Gasteiger partial charge in [0.1, 0.15) is 22.7 Å². The van der Waals surface area contributed by atoms with Gasteiger partial charge in [0.15, 0.2) is 5.82 Å². The second-order valence-corrected chi connectivity index (χ2v) is 9.33. The number of nitrogens with one attached hydrogen (secondary N) is 3. The number of thiophene rings is 1. The highest BCUT2D eigenvalue weighted by atomic mass is 32.1. The number of aromatic amines is 2. The zero-order valence-electron chi connectivity index (χ0n) is 19.7. The van der Waals surface area contributed by atoms with Crippen molar-refractivity contribution in [3.63, 3.8) is 0 Å². The summed E-state index contributed by atoms with van der Waals surface area (Å²) >= 11 is 1.60. The molecule has 0 aliphatic carbocycles. The Morgan fingerprint density at radius 1 is 1.17 bits per heavy atom. The number of pyridine rings is 1. The number of allylic oxidation sites excluding steroid dienone is 4. The molecular weight excluding hydrogens is 459 g/mol. The molecule has 1 aromatic carbocycles. The third-order valence-electron chi connectivity index (χ3n) is 5.66. The molecule has 8 heteroatoms. The van der Waals surface area contributed by atoms with Gasteiger partial charge in [-0.1, -0.05) is 18.7 Å². The molecule has 0 spiro atoms. The first-order valence-corrected chi connectivity index (χ1v) is 12.2. The predicted molar refractivity (Wildman–Crippen MR) is 142 cm³/mol. The highest BCUT2D eigenvalue weighted by Gasteiger charge is 2.21. The third kappa shape index (κ3) is 4.17. The molecule has 0 saturated carbocycles. The first-order chi connectivity index (χ1) is 17.0. The van der Waals surface area contributed by atoms with Crippen LogP contribution < -0.4 is 5.32 Å². The van der Waals surface area contributed by atoms with E-state index in [1.807, 2.05) is 62.6 Å². The van der Waals surface area contributed by atoms with E-state index in [1.165, 1.54) is 0 Å². The van der Waals surface area contributed by atoms with Crippen LogP contribution in [0.2, 0.25) is 0 Å². The van der Waals surface area contributed by atoms with Crippen molar-refractivity contribution in [2.24, 2.45) is 0 Å². The largest absolute Gasteiger partial charge is 0.383 e. The minimum Gasteiger partial charge on any atom is -0.383 e. The lowest BCUT2D eigenvalue weighted by molar-refractivity contribution is 0.636. The van der Waals surface area contributed by atoms with Crippen LogP contribution in [0.4, 0.5) is 4.39 Å². The van der Waals surface area contributed by atoms with E-state index in [9.17, 15) is 0 Å². The molecular formula is C27H25FN6S. The molecule has 4 aromatic heterocycles. The fraction of sp³-hybridized carbons (Fsp3) is 0.148. The van der Waals surface area contributed by atoms with E-state index in [-0.39, 0.29) is 11.9 Å². The van der Waals surface area contributed by atoms with Crippen LogP contribution in [0.5, 0.6) is 0 Å². The number of H-pyrrole nitrogens is 2. The minimum atomic E-state index is -0.361. The van der Waals surface area contributed by atoms with Gasteiger partial charge in [-0.2, -0.15) is 5.10 Å². The van der Waals surface area contributed by atoms with Gasteiger partial charge in [-0.05, 0) is 68.1 Å². The summed E-state index contributed by atoms with van der Waals surface area (Å²) in [4.78, 5) is 13.6. The lowest BCUT2D eigenvalue weighted by Crippen LogP contribution is -2.20. The smallest absolute Gasteiger partial charge is 0.159 e. The van der Waals surface area contributed by atoms with Gasteiger partial charge in [-0.15, -0.1) is 11.3 Å². The Labute approximate surface area is 206 Å². The van der Waals surface area contributed by atoms with Crippen LogP contribution in [0.15, 0.2) is 72.4 Å². The summed E-state index contributed by atoms with van der Waals surface area (Å²) in [5, 5.41) is 13.1. The summed E-state index contributed by atoms with van der Waals surface area (Å²) in [6.07, 6.45) is 7.26. The Morgan fingerprint density at radius 2 is 2.03 bits per heavy atom. The van der Waals surface area contributed by atoms with Crippen molar-refractivity contribution >= 4 is 38.8 Å². The molecule has 3 N–H and O–H groups in total. The van der Waals surface area contributed by atoms with Gasteiger partial charge in [-0.25, -0.2) is 9.37 Å². The highest BCUT2D eigenvalue weighted by Crippen LogP contribution is 2.35. The molecule has 0 radical (unpaired) electrons. The average molecular weight is 485 g/mol. The van der Waals surface area contributed by atoms with Gasteiger partial charge in [0.25, 0.3) is 0 Å². The molecule has 5 aromatic rings. The second-order valence-electron chi connectivity index (χ2n) is 8.39. The molecule has 4 heterocycles. The summed E-state index contributed by atoms with van der Waals surface area (Å²) in [5.74, 6) is 0.125. The molecule has 35 heavy (non-hydrogen) atoms. The lowest BCUT2D eigenvalue weighted by atomic mass is 10.0. The Bertz CT molecular complexity index is 1590. The van der Waals surface area contributed by atoms with Crippen LogP contribution in [0.1, 0.15) is 26.3 Å². The van der Waals surface area contributed by atoms with Gasteiger partial charge in [-0.3, -0.25) is 10.1 Å². The molecule has 6 nitrogen and oxygen atoms in total. The standard InChI is InChI=1S/C27H25FN6S/c1-5-16(14-17(6-2)30-15(3)4)18-9-10-19-22(23(18)28)26(34-33-19)27-31-20-11-12-29-25(24(20)32-27)21-8-7-13-35-21/h5-15,30H,2H2,1,3-4H3,(H,31,32)(H,33,34)/b16-5+,17-14+. The molecule has 0 unspecified atom stereocenters. The van der Waals surface area contributed by atoms with Crippen molar-refractivity contribution < 1.29 is 4.39 Å². The van der Waals surface area contributed by atoms with Crippen molar-refractivity contribution in [1.29, 1.82) is 0 Å². The number of halogens is 1. The number of fused-ring (bicyclic) bond motifs is 2. The fourth-order valence-electron chi connectivity index (χ4n) is 4.09. The van der Waals surface area contributed by atoms with E-state index < -0.39 is 0 Å². The van der Waals surface area contributed by atoms with E-state index in [2.05, 4.69) is 32.1 Å². The SMILES string of the molecule is C=C/C(=C\C(=C/C)c1ccc2[nH]nc(-c3nc4c(-c5cccs5)nccc4[nH]3)c2c1F)NC(C)C. The quantitative estimate of drug-likeness (QED) is 0.221. The first-order valence-electron chi connectivity index (χ1n) is 11.3. The van der Waals surface area contributed by atoms with E-state index in [1.54, 1.807) is 29.7 Å². The molecule has 0 aliphatic rings. The summed E-state index contributed by atoms with van der Waals surface area (Å²) < 4.78 is 16.0. The molecule has 176 valence electrons. The molecule has 0 bridgehead atoms. The topological polar surface area (TPSA) is 82.3 Å². The van der Waals surface area contributed by atoms with Crippen molar-refractivity contribution in [2.45, 2.75) is 26.8 Å². The molecule has 0 fully saturated rings. The van der Waals surface area contributed by atoms with Crippen molar-refractivity contribution in [3.8, 4) is 22.1 Å². The zero-order chi connectivity index (χ0) is 24.5. The van der Waals surface area contributed by atoms with Crippen LogP contribution in [-0.2, 0) is 0 Å². The first kappa shape index (κ1) is 22.7. The van der Waals surface area contributed by atoms with Crippen LogP contribution in [0.25, 0.3) is 49.6 Å². The van der Waals surface area contributed by atoms with Crippen LogP contribution >= 0.6 is 11.3 Å². The number of benzene rings is 1. The number of hydrogen-bond acceptors (Lipinski definition) is 5. The second kappa shape index (κ2) is 9.31. The molecule has 5 rings (SSSR count). The maximum Gasteiger partial charge on any atom is 0.159 e. The van der Waals surface area contributed by atoms with E-state index >= 15 is 4.39 Å². The molecule has 0 atom stereocenters. The van der Waals surface area contributed by atoms with Crippen LogP contribution in [0.3, 0.4) is 0 Å². The summed E-state index contributed by atoms with van der Waals surface area (Å²) in [7, 11) is 0. The Balaban J connectivity index is 1.64. The number of hydrogen-bond donors (Lipinski definition) is 3. The van der Waals surface area contributed by atoms with Crippen molar-refractivity contribution in [3.05, 3.63) is 83.8 Å². The summed E-state index contributed by atoms with van der Waals surface area (Å²) in [6.45, 7) is 9.86. The maximum absolute atomic E-state index is 16.0. The van der Waals surface area contributed by atoms with E-state index in [0.717, 1.165) is 32.9 Å². The number of aromatic nitrogens is 5. The van der Waals surface area contributed by atoms with Gasteiger partial charge >= 0.3 is 0 Å². The van der Waals surface area contributed by atoms with E-state index in [0.29, 0.717) is 28.0 Å². The predicted octanol–water partition coefficient (Wildman–Crippen LogP) is 6.84. The monoisotopic (exact) mass is 484 g/mol. The highest BCUT2D eigenvalue weighted by molar-refractivity contribution is 7.13. The number of rotatable bonds is 7. The summed E-state index contributed by atoms with van der Waals surface area (Å²) in [5.41, 5.74) is 5.41. The third-order valence-corrected chi connectivity index (χ3v) is 6.53. The Kier molecular flexibility index (Phi) is 6.05. The van der Waals surface area contributed by atoms with Crippen molar-refractivity contribution in [1.82, 2.24) is 30.5 Å². The van der Waals surface area contributed by atoms with Crippen LogP contribution in [0, 0.1) is 5.82 Å². The number of imidazole rings is 1. The lowest BCUT2D eigenvalue weighted by Gasteiger charge is -2.13. The van der Waals surface area contributed by atoms with Crippen LogP contribution in [-0.4, -0.2) is 31.2 Å². The molecule has 0 saturated heterocycles. The van der Waals surface area contributed by atoms with Gasteiger partial charge < -0.3 is 10.3 Å². The van der Waals surface area contributed by atoms with Gasteiger partial charge in [0, 0.05) is 23.5 Å². The van der Waals surface area contributed by atoms with Gasteiger partial charge in [0.2, 0.25) is 0 Å². The maximum atomic E-state index is 16.0. The van der Waals surface area contributed by atoms with E-state index in [4.69, 9.17) is 4.98 Å². The molecule has 0 amide bonds. The minimum absolute atomic E-state index is 0.229. The Morgan fingerprint density at radius 3 is 2.74 bits per heavy atom.